The number of hydrogen-bond donors (Lipinski definition) is 0. The second-order valence-electron chi connectivity index (χ2n) is 8.22. The number of nitrogens with zero attached hydrogens (tertiary/aromatic N) is 6. The molecule has 2 atom stereocenters. The zero-order valence-electron chi connectivity index (χ0n) is 18.5. The SMILES string of the molecule is CC(c1c(F)cccc1F)N1CCN(c2c(C#N)c(=O)n(C)c3ccc(C#N)nc23)C[C@H]1C. The molecule has 0 saturated carbocycles. The van der Waals surface area contributed by atoms with Crippen LogP contribution in [0, 0.1) is 34.3 Å². The highest BCUT2D eigenvalue weighted by Crippen LogP contribution is 2.33. The third-order valence-electron chi connectivity index (χ3n) is 6.35. The molecule has 0 amide bonds. The molecule has 0 spiro atoms. The number of rotatable bonds is 3. The van der Waals surface area contributed by atoms with Crippen LogP contribution in [0.25, 0.3) is 11.0 Å². The normalized spacial score (nSPS) is 17.5. The lowest BCUT2D eigenvalue weighted by Crippen LogP contribution is -2.53. The second-order valence-corrected chi connectivity index (χ2v) is 8.22. The number of anilines is 1. The summed E-state index contributed by atoms with van der Waals surface area (Å²) in [7, 11) is 1.56. The molecule has 0 bridgehead atoms. The lowest BCUT2D eigenvalue weighted by molar-refractivity contribution is 0.133. The first-order valence-electron chi connectivity index (χ1n) is 10.6. The Hall–Kier alpha value is -3.82. The summed E-state index contributed by atoms with van der Waals surface area (Å²) in [6, 6.07) is 10.4. The summed E-state index contributed by atoms with van der Waals surface area (Å²) in [6.45, 7) is 4.99. The molecule has 0 radical (unpaired) electrons. The lowest BCUT2D eigenvalue weighted by Gasteiger charge is -2.44. The number of halogens is 2. The van der Waals surface area contributed by atoms with E-state index in [9.17, 15) is 24.1 Å². The van der Waals surface area contributed by atoms with Gasteiger partial charge < -0.3 is 9.47 Å². The number of piperazine rings is 1. The van der Waals surface area contributed by atoms with Crippen LogP contribution in [0.15, 0.2) is 35.1 Å². The van der Waals surface area contributed by atoms with Crippen LogP contribution in [0.5, 0.6) is 0 Å². The van der Waals surface area contributed by atoms with Crippen molar-refractivity contribution in [2.24, 2.45) is 7.05 Å². The molecule has 1 unspecified atom stereocenters. The Labute approximate surface area is 189 Å². The van der Waals surface area contributed by atoms with Gasteiger partial charge in [-0.2, -0.15) is 10.5 Å². The Morgan fingerprint density at radius 3 is 2.42 bits per heavy atom. The Morgan fingerprint density at radius 2 is 1.82 bits per heavy atom. The zero-order chi connectivity index (χ0) is 23.9. The van der Waals surface area contributed by atoms with Crippen LogP contribution < -0.4 is 10.5 Å². The molecule has 2 aromatic heterocycles. The number of fused-ring (bicyclic) bond motifs is 1. The van der Waals surface area contributed by atoms with Gasteiger partial charge in [-0.25, -0.2) is 13.8 Å². The molecule has 33 heavy (non-hydrogen) atoms. The van der Waals surface area contributed by atoms with E-state index in [4.69, 9.17) is 0 Å². The highest BCUT2D eigenvalue weighted by molar-refractivity contribution is 5.92. The molecule has 0 N–H and O–H groups in total. The number of aromatic nitrogens is 2. The predicted octanol–water partition coefficient (Wildman–Crippen LogP) is 3.23. The summed E-state index contributed by atoms with van der Waals surface area (Å²) in [4.78, 5) is 21.2. The Morgan fingerprint density at radius 1 is 1.12 bits per heavy atom. The lowest BCUT2D eigenvalue weighted by atomic mass is 10.0. The topological polar surface area (TPSA) is 89.0 Å². The molecule has 1 fully saturated rings. The molecule has 3 aromatic rings. The van der Waals surface area contributed by atoms with Gasteiger partial charge in [0.25, 0.3) is 5.56 Å². The summed E-state index contributed by atoms with van der Waals surface area (Å²) in [5, 5.41) is 19.1. The summed E-state index contributed by atoms with van der Waals surface area (Å²) in [6.07, 6.45) is 0. The average Bonchev–Trinajstić information content (AvgIpc) is 2.80. The van der Waals surface area contributed by atoms with E-state index in [1.807, 2.05) is 28.9 Å². The van der Waals surface area contributed by atoms with Gasteiger partial charge in [-0.05, 0) is 38.1 Å². The molecular weight excluding hydrogens is 426 g/mol. The number of aryl methyl sites for hydroxylation is 1. The Kier molecular flexibility index (Phi) is 5.84. The molecule has 0 aliphatic carbocycles. The minimum Gasteiger partial charge on any atom is -0.366 e. The van der Waals surface area contributed by atoms with E-state index in [1.54, 1.807) is 20.0 Å². The first-order chi connectivity index (χ1) is 15.8. The summed E-state index contributed by atoms with van der Waals surface area (Å²) in [5.41, 5.74) is 1.04. The van der Waals surface area contributed by atoms with Gasteiger partial charge in [0, 0.05) is 44.3 Å². The molecule has 1 aromatic carbocycles. The molecule has 3 heterocycles. The maximum absolute atomic E-state index is 14.4. The zero-order valence-corrected chi connectivity index (χ0v) is 18.5. The molecule has 1 aliphatic rings. The van der Waals surface area contributed by atoms with Crippen molar-refractivity contribution in [3.8, 4) is 12.1 Å². The van der Waals surface area contributed by atoms with E-state index in [1.165, 1.54) is 28.8 Å². The monoisotopic (exact) mass is 448 g/mol. The average molecular weight is 448 g/mol. The molecular formula is C24H22F2N6O. The van der Waals surface area contributed by atoms with E-state index >= 15 is 0 Å². The van der Waals surface area contributed by atoms with E-state index < -0.39 is 23.2 Å². The van der Waals surface area contributed by atoms with Crippen LogP contribution in [0.2, 0.25) is 0 Å². The van der Waals surface area contributed by atoms with Crippen LogP contribution in [0.3, 0.4) is 0 Å². The summed E-state index contributed by atoms with van der Waals surface area (Å²) < 4.78 is 30.1. The van der Waals surface area contributed by atoms with Crippen molar-refractivity contribution in [2.75, 3.05) is 24.5 Å². The van der Waals surface area contributed by atoms with E-state index in [0.29, 0.717) is 36.4 Å². The van der Waals surface area contributed by atoms with E-state index in [2.05, 4.69) is 4.98 Å². The minimum absolute atomic E-state index is 0.0230. The summed E-state index contributed by atoms with van der Waals surface area (Å²) >= 11 is 0. The Bertz CT molecular complexity index is 1370. The van der Waals surface area contributed by atoms with Crippen LogP contribution in [0.1, 0.15) is 36.7 Å². The smallest absolute Gasteiger partial charge is 0.270 e. The fourth-order valence-electron chi connectivity index (χ4n) is 4.69. The van der Waals surface area contributed by atoms with Crippen LogP contribution in [-0.4, -0.2) is 40.1 Å². The van der Waals surface area contributed by atoms with Crippen LogP contribution in [0.4, 0.5) is 14.5 Å². The molecule has 4 rings (SSSR count). The molecule has 7 nitrogen and oxygen atoms in total. The first kappa shape index (κ1) is 22.4. The van der Waals surface area contributed by atoms with Gasteiger partial charge in [-0.3, -0.25) is 9.69 Å². The largest absolute Gasteiger partial charge is 0.366 e. The highest BCUT2D eigenvalue weighted by atomic mass is 19.1. The van der Waals surface area contributed by atoms with Crippen molar-refractivity contribution < 1.29 is 8.78 Å². The predicted molar refractivity (Wildman–Crippen MR) is 120 cm³/mol. The van der Waals surface area contributed by atoms with Gasteiger partial charge in [-0.15, -0.1) is 0 Å². The fourth-order valence-corrected chi connectivity index (χ4v) is 4.69. The van der Waals surface area contributed by atoms with Gasteiger partial charge in [0.1, 0.15) is 40.5 Å². The number of hydrogen-bond acceptors (Lipinski definition) is 6. The van der Waals surface area contributed by atoms with Crippen LogP contribution >= 0.6 is 0 Å². The third kappa shape index (κ3) is 3.71. The van der Waals surface area contributed by atoms with Crippen LogP contribution in [-0.2, 0) is 7.05 Å². The summed E-state index contributed by atoms with van der Waals surface area (Å²) in [5.74, 6) is -1.18. The molecule has 1 saturated heterocycles. The van der Waals surface area contributed by atoms with Gasteiger partial charge in [0.15, 0.2) is 0 Å². The number of nitriles is 2. The number of benzene rings is 1. The van der Waals surface area contributed by atoms with Gasteiger partial charge in [0.05, 0.1) is 11.2 Å². The second kappa shape index (κ2) is 8.61. The maximum atomic E-state index is 14.4. The maximum Gasteiger partial charge on any atom is 0.270 e. The third-order valence-corrected chi connectivity index (χ3v) is 6.35. The van der Waals surface area contributed by atoms with Crippen molar-refractivity contribution in [1.29, 1.82) is 10.5 Å². The standard InChI is InChI=1S/C24H22F2N6O/c1-14-13-31(9-10-32(14)15(2)21-18(25)5-4-6-19(21)26)23-17(12-28)24(33)30(3)20-8-7-16(11-27)29-22(20)23/h4-8,14-15H,9-10,13H2,1-3H3/t14-,15?/m1/s1. The van der Waals surface area contributed by atoms with Gasteiger partial charge in [0.2, 0.25) is 0 Å². The van der Waals surface area contributed by atoms with Crippen molar-refractivity contribution >= 4 is 16.7 Å². The van der Waals surface area contributed by atoms with E-state index in [-0.39, 0.29) is 22.9 Å². The number of pyridine rings is 2. The highest BCUT2D eigenvalue weighted by Gasteiger charge is 2.33. The van der Waals surface area contributed by atoms with Crippen molar-refractivity contribution in [2.45, 2.75) is 25.9 Å². The van der Waals surface area contributed by atoms with E-state index in [0.717, 1.165) is 0 Å². The minimum atomic E-state index is -0.588. The first-order valence-corrected chi connectivity index (χ1v) is 10.6. The van der Waals surface area contributed by atoms with Gasteiger partial charge >= 0.3 is 0 Å². The van der Waals surface area contributed by atoms with Crippen molar-refractivity contribution in [1.82, 2.24) is 14.5 Å². The van der Waals surface area contributed by atoms with Gasteiger partial charge in [-0.1, -0.05) is 6.07 Å². The quantitative estimate of drug-likeness (QED) is 0.611. The molecule has 168 valence electrons. The Balaban J connectivity index is 1.75. The molecule has 9 heteroatoms. The molecule has 1 aliphatic heterocycles. The van der Waals surface area contributed by atoms with Crippen molar-refractivity contribution in [3.63, 3.8) is 0 Å². The van der Waals surface area contributed by atoms with Crippen molar-refractivity contribution in [3.05, 3.63) is 69.1 Å². The fraction of sp³-hybridized carbons (Fsp3) is 0.333.